The third kappa shape index (κ3) is 6.34. The minimum absolute atomic E-state index is 0.0102. The molecule has 0 aliphatic carbocycles. The van der Waals surface area contributed by atoms with E-state index in [1.165, 1.54) is 14.0 Å². The first-order chi connectivity index (χ1) is 17.1. The summed E-state index contributed by atoms with van der Waals surface area (Å²) < 4.78 is 16.9. The number of methoxy groups -OCH3 is 2. The number of ether oxygens (including phenoxy) is 3. The number of nitrogens with one attached hydrogen (secondary N) is 1. The van der Waals surface area contributed by atoms with Crippen LogP contribution < -0.4 is 14.8 Å². The topological polar surface area (TPSA) is 97.4 Å². The molecule has 3 amide bonds. The van der Waals surface area contributed by atoms with Gasteiger partial charge >= 0.3 is 0 Å². The van der Waals surface area contributed by atoms with E-state index in [0.29, 0.717) is 41.4 Å². The van der Waals surface area contributed by atoms with E-state index in [-0.39, 0.29) is 42.4 Å². The Morgan fingerprint density at radius 1 is 1.08 bits per heavy atom. The summed E-state index contributed by atoms with van der Waals surface area (Å²) in [5.74, 6) is 0.301. The van der Waals surface area contributed by atoms with Gasteiger partial charge in [-0.25, -0.2) is 0 Å². The number of fused-ring (bicyclic) bond motifs is 1. The van der Waals surface area contributed by atoms with Crippen LogP contribution in [0.25, 0.3) is 0 Å². The Kier molecular flexibility index (Phi) is 8.93. The number of anilines is 1. The second kappa shape index (κ2) is 11.9. The summed E-state index contributed by atoms with van der Waals surface area (Å²) in [4.78, 5) is 42.0. The van der Waals surface area contributed by atoms with Gasteiger partial charge in [-0.2, -0.15) is 0 Å². The number of rotatable bonds is 4. The van der Waals surface area contributed by atoms with Crippen molar-refractivity contribution in [1.29, 1.82) is 0 Å². The first kappa shape index (κ1) is 27.0. The maximum absolute atomic E-state index is 13.5. The lowest BCUT2D eigenvalue weighted by Gasteiger charge is -2.35. The van der Waals surface area contributed by atoms with Crippen molar-refractivity contribution >= 4 is 23.4 Å². The Morgan fingerprint density at radius 3 is 2.50 bits per heavy atom. The molecule has 3 rings (SSSR count). The molecule has 1 heterocycles. The van der Waals surface area contributed by atoms with Gasteiger partial charge in [0, 0.05) is 51.3 Å². The number of nitrogens with zero attached hydrogens (tertiary/aromatic N) is 2. The van der Waals surface area contributed by atoms with Gasteiger partial charge in [0.15, 0.2) is 0 Å². The van der Waals surface area contributed by atoms with Gasteiger partial charge in [-0.3, -0.25) is 14.4 Å². The molecule has 0 spiro atoms. The molecule has 9 heteroatoms. The molecule has 2 aromatic rings. The third-order valence-corrected chi connectivity index (χ3v) is 6.44. The average Bonchev–Trinajstić information content (AvgIpc) is 2.87. The summed E-state index contributed by atoms with van der Waals surface area (Å²) in [5, 5.41) is 2.84. The first-order valence-electron chi connectivity index (χ1n) is 11.9. The molecule has 1 N–H and O–H groups in total. The van der Waals surface area contributed by atoms with Crippen LogP contribution in [0.4, 0.5) is 5.69 Å². The van der Waals surface area contributed by atoms with Crippen molar-refractivity contribution in [2.45, 2.75) is 32.9 Å². The number of benzene rings is 2. The minimum atomic E-state index is -0.331. The fraction of sp³-hybridized carbons (Fsp3) is 0.444. The van der Waals surface area contributed by atoms with Crippen LogP contribution in [0.1, 0.15) is 41.5 Å². The molecular weight excluding hydrogens is 462 g/mol. The van der Waals surface area contributed by atoms with Crippen LogP contribution in [0.15, 0.2) is 42.5 Å². The summed E-state index contributed by atoms with van der Waals surface area (Å²) >= 11 is 0. The Bertz CT molecular complexity index is 1100. The fourth-order valence-electron chi connectivity index (χ4n) is 4.26. The summed E-state index contributed by atoms with van der Waals surface area (Å²) in [6.07, 6.45) is -0.271. The van der Waals surface area contributed by atoms with Gasteiger partial charge in [0.2, 0.25) is 5.91 Å². The SMILES string of the molecule is COc1cccc(C(=O)Nc2ccc3c(c2)C(=O)N(C)C[C@H](OC)[C@@H](C)CN(C(C)=O)[C@H](C)CO3)c1. The first-order valence-corrected chi connectivity index (χ1v) is 11.9. The molecule has 9 nitrogen and oxygen atoms in total. The second-order valence-corrected chi connectivity index (χ2v) is 9.17. The molecule has 0 unspecified atom stereocenters. The predicted octanol–water partition coefficient (Wildman–Crippen LogP) is 3.30. The largest absolute Gasteiger partial charge is 0.497 e. The van der Waals surface area contributed by atoms with E-state index in [9.17, 15) is 14.4 Å². The summed E-state index contributed by atoms with van der Waals surface area (Å²) in [6, 6.07) is 11.6. The number of hydrogen-bond donors (Lipinski definition) is 1. The van der Waals surface area contributed by atoms with Gasteiger partial charge in [-0.1, -0.05) is 13.0 Å². The Morgan fingerprint density at radius 2 is 1.83 bits per heavy atom. The molecule has 0 aromatic heterocycles. The smallest absolute Gasteiger partial charge is 0.257 e. The summed E-state index contributed by atoms with van der Waals surface area (Å²) in [7, 11) is 4.84. The van der Waals surface area contributed by atoms with Crippen molar-refractivity contribution in [3.8, 4) is 11.5 Å². The van der Waals surface area contributed by atoms with Crippen LogP contribution in [-0.4, -0.2) is 80.6 Å². The van der Waals surface area contributed by atoms with Crippen molar-refractivity contribution in [1.82, 2.24) is 9.80 Å². The Labute approximate surface area is 212 Å². The van der Waals surface area contributed by atoms with Crippen LogP contribution >= 0.6 is 0 Å². The predicted molar refractivity (Wildman–Crippen MR) is 137 cm³/mol. The fourth-order valence-corrected chi connectivity index (χ4v) is 4.26. The van der Waals surface area contributed by atoms with Crippen LogP contribution in [0, 0.1) is 5.92 Å². The zero-order chi connectivity index (χ0) is 26.4. The zero-order valence-corrected chi connectivity index (χ0v) is 21.7. The van der Waals surface area contributed by atoms with Crippen LogP contribution in [0.5, 0.6) is 11.5 Å². The van der Waals surface area contributed by atoms with E-state index in [4.69, 9.17) is 14.2 Å². The number of hydrogen-bond acceptors (Lipinski definition) is 6. The molecular formula is C27H35N3O6. The van der Waals surface area contributed by atoms with Crippen molar-refractivity contribution in [3.05, 3.63) is 53.6 Å². The molecule has 1 aliphatic heterocycles. The molecule has 0 saturated heterocycles. The van der Waals surface area contributed by atoms with Crippen molar-refractivity contribution in [2.24, 2.45) is 5.92 Å². The minimum Gasteiger partial charge on any atom is -0.497 e. The van der Waals surface area contributed by atoms with Gasteiger partial charge in [0.25, 0.3) is 11.8 Å². The zero-order valence-electron chi connectivity index (χ0n) is 21.7. The number of likely N-dealkylation sites (N-methyl/N-ethyl adjacent to an activating group) is 1. The maximum atomic E-state index is 13.5. The molecule has 0 fully saturated rings. The molecule has 0 saturated carbocycles. The molecule has 0 radical (unpaired) electrons. The van der Waals surface area contributed by atoms with Gasteiger partial charge < -0.3 is 29.3 Å². The van der Waals surface area contributed by atoms with Crippen LogP contribution in [0.3, 0.4) is 0 Å². The molecule has 2 aromatic carbocycles. The highest BCUT2D eigenvalue weighted by atomic mass is 16.5. The third-order valence-electron chi connectivity index (χ3n) is 6.44. The van der Waals surface area contributed by atoms with E-state index in [0.717, 1.165) is 0 Å². The van der Waals surface area contributed by atoms with Crippen molar-refractivity contribution in [3.63, 3.8) is 0 Å². The molecule has 3 atom stereocenters. The van der Waals surface area contributed by atoms with E-state index in [1.54, 1.807) is 66.4 Å². The lowest BCUT2D eigenvalue weighted by atomic mass is 10.0. The number of carbonyl (C=O) groups excluding carboxylic acids is 3. The summed E-state index contributed by atoms with van der Waals surface area (Å²) in [5.41, 5.74) is 1.19. The van der Waals surface area contributed by atoms with Gasteiger partial charge in [0.1, 0.15) is 18.1 Å². The second-order valence-electron chi connectivity index (χ2n) is 9.17. The quantitative estimate of drug-likeness (QED) is 0.696. The van der Waals surface area contributed by atoms with Gasteiger partial charge in [-0.05, 0) is 43.3 Å². The molecule has 194 valence electrons. The van der Waals surface area contributed by atoms with Crippen LogP contribution in [0.2, 0.25) is 0 Å². The van der Waals surface area contributed by atoms with E-state index in [2.05, 4.69) is 5.32 Å². The highest BCUT2D eigenvalue weighted by molar-refractivity contribution is 6.05. The lowest BCUT2D eigenvalue weighted by molar-refractivity contribution is -0.133. The van der Waals surface area contributed by atoms with E-state index < -0.39 is 0 Å². The number of carbonyl (C=O) groups is 3. The van der Waals surface area contributed by atoms with Gasteiger partial charge in [0.05, 0.1) is 24.8 Å². The van der Waals surface area contributed by atoms with E-state index in [1.807, 2.05) is 13.8 Å². The Hall–Kier alpha value is -3.59. The molecule has 0 bridgehead atoms. The monoisotopic (exact) mass is 497 g/mol. The Balaban J connectivity index is 1.93. The van der Waals surface area contributed by atoms with Crippen molar-refractivity contribution in [2.75, 3.05) is 46.3 Å². The highest BCUT2D eigenvalue weighted by Gasteiger charge is 2.29. The van der Waals surface area contributed by atoms with E-state index >= 15 is 0 Å². The van der Waals surface area contributed by atoms with Crippen LogP contribution in [-0.2, 0) is 9.53 Å². The average molecular weight is 498 g/mol. The highest BCUT2D eigenvalue weighted by Crippen LogP contribution is 2.27. The maximum Gasteiger partial charge on any atom is 0.257 e. The van der Waals surface area contributed by atoms with Gasteiger partial charge in [-0.15, -0.1) is 0 Å². The normalized spacial score (nSPS) is 20.9. The summed E-state index contributed by atoms with van der Waals surface area (Å²) in [6.45, 7) is 6.49. The molecule has 1 aliphatic rings. The lowest BCUT2D eigenvalue weighted by Crippen LogP contribution is -2.48. The van der Waals surface area contributed by atoms with Crippen molar-refractivity contribution < 1.29 is 28.6 Å². The molecule has 36 heavy (non-hydrogen) atoms. The standard InChI is InChI=1S/C27H35N3O6/c1-17-14-30(19(3)31)18(2)16-36-24-11-10-21(13-23(24)27(33)29(4)15-25(17)35-6)28-26(32)20-8-7-9-22(12-20)34-5/h7-13,17-18,25H,14-16H2,1-6H3,(H,28,32)/t17-,18+,25-/m0/s1. The number of amides is 3.